The Labute approximate surface area is 162 Å². The molecule has 9 nitrogen and oxygen atoms in total. The lowest BCUT2D eigenvalue weighted by Gasteiger charge is -2.11. The number of hydrogen-bond acceptors (Lipinski definition) is 6. The number of amides is 1. The van der Waals surface area contributed by atoms with Gasteiger partial charge >= 0.3 is 5.97 Å². The van der Waals surface area contributed by atoms with Crippen LogP contribution in [0.4, 0.5) is 5.69 Å². The third-order valence-corrected chi connectivity index (χ3v) is 5.54. The van der Waals surface area contributed by atoms with Crippen molar-refractivity contribution in [2.45, 2.75) is 18.7 Å². The van der Waals surface area contributed by atoms with Crippen LogP contribution in [0.2, 0.25) is 0 Å². The van der Waals surface area contributed by atoms with Gasteiger partial charge in [0, 0.05) is 24.5 Å². The van der Waals surface area contributed by atoms with E-state index in [1.54, 1.807) is 26.1 Å². The van der Waals surface area contributed by atoms with E-state index in [2.05, 4.69) is 10.0 Å². The smallest absolute Gasteiger partial charge is 0.355 e. The molecule has 0 aliphatic rings. The molecule has 0 unspecified atom stereocenters. The summed E-state index contributed by atoms with van der Waals surface area (Å²) in [6.45, 7) is 2.44. The summed E-state index contributed by atoms with van der Waals surface area (Å²) in [7, 11) is -0.801. The molecule has 2 N–H and O–H groups in total. The van der Waals surface area contributed by atoms with Crippen LogP contribution in [-0.2, 0) is 26.6 Å². The van der Waals surface area contributed by atoms with Crippen molar-refractivity contribution in [3.05, 3.63) is 47.3 Å². The van der Waals surface area contributed by atoms with Crippen LogP contribution in [0.1, 0.15) is 33.3 Å². The summed E-state index contributed by atoms with van der Waals surface area (Å²) < 4.78 is 32.6. The Morgan fingerprint density at radius 2 is 1.86 bits per heavy atom. The molecule has 0 spiro atoms. The number of benzene rings is 1. The molecule has 150 valence electrons. The van der Waals surface area contributed by atoms with Crippen LogP contribution in [0.15, 0.2) is 35.4 Å². The predicted molar refractivity (Wildman–Crippen MR) is 102 cm³/mol. The molecule has 1 aromatic carbocycles. The SMILES string of the molecule is CNS(=O)(=O)c1cc(NC(=O)COC(=O)c2cc(C(C)=O)cn2C)ccc1C. The minimum atomic E-state index is -3.68. The van der Waals surface area contributed by atoms with E-state index in [0.29, 0.717) is 11.1 Å². The monoisotopic (exact) mass is 407 g/mol. The topological polar surface area (TPSA) is 124 Å². The van der Waals surface area contributed by atoms with Gasteiger partial charge in [0.2, 0.25) is 10.0 Å². The first-order valence-corrected chi connectivity index (χ1v) is 9.72. The molecule has 0 aliphatic heterocycles. The molecule has 2 aromatic rings. The number of carbonyl (C=O) groups is 3. The van der Waals surface area contributed by atoms with Crippen LogP contribution < -0.4 is 10.0 Å². The van der Waals surface area contributed by atoms with Crippen molar-refractivity contribution >= 4 is 33.4 Å². The minimum Gasteiger partial charge on any atom is -0.451 e. The van der Waals surface area contributed by atoms with E-state index in [1.165, 1.54) is 36.9 Å². The fourth-order valence-electron chi connectivity index (χ4n) is 2.44. The third-order valence-electron chi connectivity index (χ3n) is 3.99. The number of nitrogens with one attached hydrogen (secondary N) is 2. The number of ketones is 1. The molecule has 0 aliphatic carbocycles. The molecule has 2 rings (SSSR count). The Bertz CT molecular complexity index is 1040. The molecule has 1 amide bonds. The standard InChI is InChI=1S/C18H21N3O6S/c1-11-5-6-14(8-16(11)28(25,26)19-3)20-17(23)10-27-18(24)15-7-13(12(2)22)9-21(15)4/h5-9,19H,10H2,1-4H3,(H,20,23). The molecule has 0 saturated heterocycles. The largest absolute Gasteiger partial charge is 0.451 e. The lowest BCUT2D eigenvalue weighted by Crippen LogP contribution is -2.23. The number of ether oxygens (including phenoxy) is 1. The summed E-state index contributed by atoms with van der Waals surface area (Å²) in [5.74, 6) is -1.59. The number of sulfonamides is 1. The van der Waals surface area contributed by atoms with E-state index in [1.807, 2.05) is 0 Å². The maximum Gasteiger partial charge on any atom is 0.355 e. The normalized spacial score (nSPS) is 11.1. The van der Waals surface area contributed by atoms with Crippen molar-refractivity contribution in [1.82, 2.24) is 9.29 Å². The van der Waals surface area contributed by atoms with Gasteiger partial charge in [0.1, 0.15) is 5.69 Å². The first-order chi connectivity index (χ1) is 13.0. The third kappa shape index (κ3) is 4.84. The average Bonchev–Trinajstić information content (AvgIpc) is 3.03. The lowest BCUT2D eigenvalue weighted by atomic mass is 10.2. The second-order valence-electron chi connectivity index (χ2n) is 6.09. The van der Waals surface area contributed by atoms with Gasteiger partial charge in [-0.25, -0.2) is 17.9 Å². The predicted octanol–water partition coefficient (Wildman–Crippen LogP) is 1.24. The zero-order valence-corrected chi connectivity index (χ0v) is 16.7. The quantitative estimate of drug-likeness (QED) is 0.526. The molecule has 1 aromatic heterocycles. The molecule has 0 bridgehead atoms. The summed E-state index contributed by atoms with van der Waals surface area (Å²) in [6, 6.07) is 5.80. The number of carbonyl (C=O) groups excluding carboxylic acids is 3. The molecular formula is C18H21N3O6S. The Morgan fingerprint density at radius 1 is 1.18 bits per heavy atom. The molecule has 0 fully saturated rings. The van der Waals surface area contributed by atoms with Gasteiger partial charge in [-0.3, -0.25) is 9.59 Å². The second-order valence-corrected chi connectivity index (χ2v) is 7.95. The van der Waals surface area contributed by atoms with Crippen LogP contribution in [0.3, 0.4) is 0 Å². The maximum absolute atomic E-state index is 12.1. The Hall–Kier alpha value is -2.98. The van der Waals surface area contributed by atoms with Gasteiger partial charge < -0.3 is 14.6 Å². The van der Waals surface area contributed by atoms with E-state index >= 15 is 0 Å². The van der Waals surface area contributed by atoms with E-state index in [9.17, 15) is 22.8 Å². The zero-order chi connectivity index (χ0) is 21.1. The van der Waals surface area contributed by atoms with E-state index in [4.69, 9.17) is 4.74 Å². The fraction of sp³-hybridized carbons (Fsp3) is 0.278. The van der Waals surface area contributed by atoms with Crippen LogP contribution in [-0.4, -0.2) is 44.3 Å². The van der Waals surface area contributed by atoms with E-state index in [0.717, 1.165) is 0 Å². The number of Topliss-reactive ketones (excluding diaryl/α,β-unsaturated/α-hetero) is 1. The molecule has 0 atom stereocenters. The summed E-state index contributed by atoms with van der Waals surface area (Å²) in [5, 5.41) is 2.48. The van der Waals surface area contributed by atoms with Crippen LogP contribution in [0, 0.1) is 6.92 Å². The Kier molecular flexibility index (Phi) is 6.37. The van der Waals surface area contributed by atoms with Gasteiger partial charge in [-0.1, -0.05) is 6.07 Å². The van der Waals surface area contributed by atoms with Gasteiger partial charge in [-0.15, -0.1) is 0 Å². The summed E-state index contributed by atoms with van der Waals surface area (Å²) in [5.41, 5.74) is 1.26. The van der Waals surface area contributed by atoms with Crippen LogP contribution in [0.5, 0.6) is 0 Å². The van der Waals surface area contributed by atoms with Gasteiger partial charge in [0.15, 0.2) is 12.4 Å². The number of aryl methyl sites for hydroxylation is 2. The number of rotatable bonds is 7. The lowest BCUT2D eigenvalue weighted by molar-refractivity contribution is -0.119. The molecular weight excluding hydrogens is 386 g/mol. The molecule has 10 heteroatoms. The second kappa shape index (κ2) is 8.36. The number of esters is 1. The average molecular weight is 407 g/mol. The van der Waals surface area contributed by atoms with Crippen LogP contribution in [0.25, 0.3) is 0 Å². The zero-order valence-electron chi connectivity index (χ0n) is 15.9. The van der Waals surface area contributed by atoms with Gasteiger partial charge in [-0.2, -0.15) is 0 Å². The first kappa shape index (κ1) is 21.3. The maximum atomic E-state index is 12.1. The highest BCUT2D eigenvalue weighted by Gasteiger charge is 2.18. The summed E-state index contributed by atoms with van der Waals surface area (Å²) in [6.07, 6.45) is 1.50. The molecule has 0 saturated carbocycles. The summed E-state index contributed by atoms with van der Waals surface area (Å²) in [4.78, 5) is 35.6. The summed E-state index contributed by atoms with van der Waals surface area (Å²) >= 11 is 0. The number of nitrogens with zero attached hydrogens (tertiary/aromatic N) is 1. The minimum absolute atomic E-state index is 0.0327. The number of aromatic nitrogens is 1. The highest BCUT2D eigenvalue weighted by molar-refractivity contribution is 7.89. The van der Waals surface area contributed by atoms with Crippen molar-refractivity contribution in [2.24, 2.45) is 7.05 Å². The van der Waals surface area contributed by atoms with E-state index in [-0.39, 0.29) is 22.1 Å². The number of hydrogen-bond donors (Lipinski definition) is 2. The van der Waals surface area contributed by atoms with Gasteiger partial charge in [0.05, 0.1) is 4.90 Å². The molecule has 28 heavy (non-hydrogen) atoms. The van der Waals surface area contributed by atoms with Crippen molar-refractivity contribution in [3.8, 4) is 0 Å². The highest BCUT2D eigenvalue weighted by Crippen LogP contribution is 2.20. The Balaban J connectivity index is 2.04. The van der Waals surface area contributed by atoms with Crippen molar-refractivity contribution in [2.75, 3.05) is 19.0 Å². The van der Waals surface area contributed by atoms with Crippen LogP contribution >= 0.6 is 0 Å². The molecule has 0 radical (unpaired) electrons. The van der Waals surface area contributed by atoms with Gasteiger partial charge in [-0.05, 0) is 44.7 Å². The van der Waals surface area contributed by atoms with Crippen molar-refractivity contribution < 1.29 is 27.5 Å². The van der Waals surface area contributed by atoms with E-state index < -0.39 is 28.5 Å². The molecule has 1 heterocycles. The van der Waals surface area contributed by atoms with Crippen molar-refractivity contribution in [1.29, 1.82) is 0 Å². The Morgan fingerprint density at radius 3 is 2.43 bits per heavy atom. The van der Waals surface area contributed by atoms with Crippen molar-refractivity contribution in [3.63, 3.8) is 0 Å². The first-order valence-electron chi connectivity index (χ1n) is 8.23. The fourth-order valence-corrected chi connectivity index (χ4v) is 3.43. The van der Waals surface area contributed by atoms with Gasteiger partial charge in [0.25, 0.3) is 5.91 Å². The number of anilines is 1. The highest BCUT2D eigenvalue weighted by atomic mass is 32.2.